The predicted octanol–water partition coefficient (Wildman–Crippen LogP) is 1.41. The van der Waals surface area contributed by atoms with Gasteiger partial charge in [0.2, 0.25) is 0 Å². The quantitative estimate of drug-likeness (QED) is 0.766. The van der Waals surface area contributed by atoms with Crippen molar-refractivity contribution in [2.75, 3.05) is 6.54 Å². The molecular formula is C11H17N3. The van der Waals surface area contributed by atoms with Crippen LogP contribution in [0.3, 0.4) is 0 Å². The van der Waals surface area contributed by atoms with Gasteiger partial charge in [-0.25, -0.2) is 4.98 Å². The summed E-state index contributed by atoms with van der Waals surface area (Å²) in [5.74, 6) is 2.09. The lowest BCUT2D eigenvalue weighted by Crippen LogP contribution is -2.41. The van der Waals surface area contributed by atoms with Crippen molar-refractivity contribution in [2.45, 2.75) is 31.2 Å². The van der Waals surface area contributed by atoms with Crippen LogP contribution in [0.2, 0.25) is 0 Å². The van der Waals surface area contributed by atoms with Crippen LogP contribution >= 0.6 is 0 Å². The first-order valence-corrected chi connectivity index (χ1v) is 5.56. The molecule has 2 heterocycles. The maximum atomic E-state index is 4.53. The van der Waals surface area contributed by atoms with Gasteiger partial charge in [0, 0.05) is 19.4 Å². The van der Waals surface area contributed by atoms with E-state index >= 15 is 0 Å². The highest BCUT2D eigenvalue weighted by atomic mass is 15.1. The standard InChI is InChI=1S/C11H17N3/c1-14-8-7-12-10(14)11(9-3-4-9)5-2-6-13-11/h7-9,13H,2-6H2,1H3. The molecule has 1 atom stereocenters. The molecule has 1 saturated heterocycles. The van der Waals surface area contributed by atoms with Crippen molar-refractivity contribution < 1.29 is 0 Å². The Bertz CT molecular complexity index is 332. The average Bonchev–Trinajstić information content (AvgIpc) is 2.77. The van der Waals surface area contributed by atoms with E-state index in [1.165, 1.54) is 31.5 Å². The molecule has 3 heteroatoms. The summed E-state index contributed by atoms with van der Waals surface area (Å²) < 4.78 is 2.18. The largest absolute Gasteiger partial charge is 0.336 e. The predicted molar refractivity (Wildman–Crippen MR) is 54.8 cm³/mol. The smallest absolute Gasteiger partial charge is 0.129 e. The van der Waals surface area contributed by atoms with Crippen LogP contribution in [0.15, 0.2) is 12.4 Å². The van der Waals surface area contributed by atoms with Crippen LogP contribution in [-0.2, 0) is 12.6 Å². The summed E-state index contributed by atoms with van der Waals surface area (Å²) in [7, 11) is 2.10. The Kier molecular flexibility index (Phi) is 1.71. The second kappa shape index (κ2) is 2.83. The van der Waals surface area contributed by atoms with Crippen LogP contribution < -0.4 is 5.32 Å². The first-order valence-electron chi connectivity index (χ1n) is 5.56. The second-order valence-electron chi connectivity index (χ2n) is 4.64. The van der Waals surface area contributed by atoms with Crippen molar-refractivity contribution >= 4 is 0 Å². The van der Waals surface area contributed by atoms with Gasteiger partial charge in [0.1, 0.15) is 5.82 Å². The van der Waals surface area contributed by atoms with E-state index in [2.05, 4.69) is 28.1 Å². The zero-order valence-electron chi connectivity index (χ0n) is 8.66. The Morgan fingerprint density at radius 2 is 2.43 bits per heavy atom. The Morgan fingerprint density at radius 1 is 1.57 bits per heavy atom. The molecule has 3 nitrogen and oxygen atoms in total. The molecule has 1 aromatic heterocycles. The molecule has 2 aliphatic rings. The summed E-state index contributed by atoms with van der Waals surface area (Å²) in [4.78, 5) is 4.53. The van der Waals surface area contributed by atoms with Gasteiger partial charge in [-0.05, 0) is 38.1 Å². The van der Waals surface area contributed by atoms with Gasteiger partial charge >= 0.3 is 0 Å². The third kappa shape index (κ3) is 1.05. The van der Waals surface area contributed by atoms with Crippen LogP contribution in [0.1, 0.15) is 31.5 Å². The van der Waals surface area contributed by atoms with Gasteiger partial charge in [0.25, 0.3) is 0 Å². The zero-order chi connectivity index (χ0) is 9.60. The number of hydrogen-bond acceptors (Lipinski definition) is 2. The van der Waals surface area contributed by atoms with Crippen LogP contribution in [0.5, 0.6) is 0 Å². The highest BCUT2D eigenvalue weighted by molar-refractivity contribution is 5.16. The van der Waals surface area contributed by atoms with Crippen molar-refractivity contribution in [3.05, 3.63) is 18.2 Å². The molecule has 14 heavy (non-hydrogen) atoms. The lowest BCUT2D eigenvalue weighted by Gasteiger charge is -2.29. The summed E-state index contributed by atoms with van der Waals surface area (Å²) in [5.41, 5.74) is 0.220. The highest BCUT2D eigenvalue weighted by Gasteiger charge is 2.50. The maximum Gasteiger partial charge on any atom is 0.129 e. The van der Waals surface area contributed by atoms with Gasteiger partial charge < -0.3 is 9.88 Å². The van der Waals surface area contributed by atoms with E-state index in [-0.39, 0.29) is 5.54 Å². The molecule has 0 amide bonds. The SMILES string of the molecule is Cn1ccnc1C1(C2CC2)CCCN1. The molecule has 2 fully saturated rings. The summed E-state index contributed by atoms with van der Waals surface area (Å²) in [5, 5.41) is 3.69. The van der Waals surface area contributed by atoms with Gasteiger partial charge in [-0.3, -0.25) is 0 Å². The molecular weight excluding hydrogens is 174 g/mol. The molecule has 1 N–H and O–H groups in total. The molecule has 0 radical (unpaired) electrons. The fraction of sp³-hybridized carbons (Fsp3) is 0.727. The molecule has 1 aliphatic heterocycles. The monoisotopic (exact) mass is 191 g/mol. The summed E-state index contributed by atoms with van der Waals surface area (Å²) in [6.45, 7) is 1.16. The minimum atomic E-state index is 0.220. The van der Waals surface area contributed by atoms with Gasteiger partial charge in [0.05, 0.1) is 5.54 Å². The van der Waals surface area contributed by atoms with E-state index in [1.807, 2.05) is 6.20 Å². The second-order valence-corrected chi connectivity index (χ2v) is 4.64. The highest BCUT2D eigenvalue weighted by Crippen LogP contribution is 2.49. The number of nitrogens with one attached hydrogen (secondary N) is 1. The van der Waals surface area contributed by atoms with Crippen molar-refractivity contribution in [3.63, 3.8) is 0 Å². The molecule has 1 saturated carbocycles. The molecule has 1 unspecified atom stereocenters. The summed E-state index contributed by atoms with van der Waals surface area (Å²) in [6, 6.07) is 0. The van der Waals surface area contributed by atoms with Crippen LogP contribution in [0.25, 0.3) is 0 Å². The fourth-order valence-corrected chi connectivity index (χ4v) is 2.86. The topological polar surface area (TPSA) is 29.9 Å². The van der Waals surface area contributed by atoms with Crippen LogP contribution in [0.4, 0.5) is 0 Å². The fourth-order valence-electron chi connectivity index (χ4n) is 2.86. The van der Waals surface area contributed by atoms with E-state index < -0.39 is 0 Å². The lowest BCUT2D eigenvalue weighted by molar-refractivity contribution is 0.307. The minimum Gasteiger partial charge on any atom is -0.336 e. The molecule has 0 bridgehead atoms. The van der Waals surface area contributed by atoms with E-state index in [9.17, 15) is 0 Å². The molecule has 76 valence electrons. The Hall–Kier alpha value is -0.830. The van der Waals surface area contributed by atoms with E-state index in [4.69, 9.17) is 0 Å². The number of imidazole rings is 1. The van der Waals surface area contributed by atoms with Gasteiger partial charge in [-0.2, -0.15) is 0 Å². The molecule has 0 spiro atoms. The van der Waals surface area contributed by atoms with E-state index in [0.29, 0.717) is 0 Å². The van der Waals surface area contributed by atoms with Crippen molar-refractivity contribution in [1.82, 2.24) is 14.9 Å². The van der Waals surface area contributed by atoms with Crippen LogP contribution in [0, 0.1) is 5.92 Å². The zero-order valence-corrected chi connectivity index (χ0v) is 8.66. The normalized spacial score (nSPS) is 32.4. The van der Waals surface area contributed by atoms with Gasteiger partial charge in [-0.15, -0.1) is 0 Å². The minimum absolute atomic E-state index is 0.220. The molecule has 3 rings (SSSR count). The van der Waals surface area contributed by atoms with Gasteiger partial charge in [-0.1, -0.05) is 0 Å². The molecule has 1 aromatic rings. The van der Waals surface area contributed by atoms with Crippen molar-refractivity contribution in [2.24, 2.45) is 13.0 Å². The summed E-state index contributed by atoms with van der Waals surface area (Å²) >= 11 is 0. The third-order valence-corrected chi connectivity index (χ3v) is 3.68. The van der Waals surface area contributed by atoms with E-state index in [1.54, 1.807) is 0 Å². The average molecular weight is 191 g/mol. The van der Waals surface area contributed by atoms with Crippen molar-refractivity contribution in [3.8, 4) is 0 Å². The first-order chi connectivity index (χ1) is 6.83. The number of nitrogens with zero attached hydrogens (tertiary/aromatic N) is 2. The number of aromatic nitrogens is 2. The Morgan fingerprint density at radius 3 is 2.93 bits per heavy atom. The Labute approximate surface area is 84.5 Å². The summed E-state index contributed by atoms with van der Waals surface area (Å²) in [6.07, 6.45) is 9.28. The molecule has 0 aromatic carbocycles. The first kappa shape index (κ1) is 8.48. The third-order valence-electron chi connectivity index (χ3n) is 3.68. The van der Waals surface area contributed by atoms with E-state index in [0.717, 1.165) is 12.5 Å². The number of aryl methyl sites for hydroxylation is 1. The maximum absolute atomic E-state index is 4.53. The number of hydrogen-bond donors (Lipinski definition) is 1. The lowest BCUT2D eigenvalue weighted by atomic mass is 9.90. The van der Waals surface area contributed by atoms with Crippen molar-refractivity contribution in [1.29, 1.82) is 0 Å². The number of rotatable bonds is 2. The molecule has 1 aliphatic carbocycles. The van der Waals surface area contributed by atoms with Gasteiger partial charge in [0.15, 0.2) is 0 Å². The van der Waals surface area contributed by atoms with Crippen LogP contribution in [-0.4, -0.2) is 16.1 Å². The Balaban J connectivity index is 2.03.